The second-order valence-corrected chi connectivity index (χ2v) is 18.3. The number of hydrogen-bond donors (Lipinski definition) is 0. The van der Waals surface area contributed by atoms with Crippen LogP contribution in [0.25, 0.3) is 85.9 Å². The molecule has 0 unspecified atom stereocenters. The van der Waals surface area contributed by atoms with Crippen LogP contribution in [0.5, 0.6) is 0 Å². The Hall–Kier alpha value is -5.08. The number of hydrogen-bond acceptors (Lipinski definition) is 2. The van der Waals surface area contributed by atoms with Crippen LogP contribution >= 0.6 is 0 Å². The molecule has 2 aliphatic rings. The van der Waals surface area contributed by atoms with Crippen molar-refractivity contribution in [3.05, 3.63) is 166 Å². The van der Waals surface area contributed by atoms with Crippen molar-refractivity contribution in [3.8, 4) is 44.5 Å². The van der Waals surface area contributed by atoms with Gasteiger partial charge in [-0.05, 0) is 0 Å². The summed E-state index contributed by atoms with van der Waals surface area (Å²) >= 11 is 0.0475. The standard InChI is InChI=1S/C48H36N2Se2/c1-29-5-13-33(14-6-29)45-37-21-22-38(49-37)46(34-15-7-30(2)8-16-34)43-27-28-44(52-43)48(36-19-11-32(4)12-20-36)40-24-23-39(50-40)47(42-26-25-41(45)51-42)35-17-9-31(3)10-18-35/h5-28H,1-4H3. The van der Waals surface area contributed by atoms with Crippen LogP contribution in [0.1, 0.15) is 45.0 Å². The van der Waals surface area contributed by atoms with E-state index in [0.29, 0.717) is 0 Å². The molecule has 3 aromatic heterocycles. The average Bonchev–Trinajstić information content (AvgIpc) is 3.99. The molecular weight excluding hydrogens is 762 g/mol. The monoisotopic (exact) mass is 800 g/mol. The average molecular weight is 799 g/mol. The fourth-order valence-electron chi connectivity index (χ4n) is 7.04. The summed E-state index contributed by atoms with van der Waals surface area (Å²) in [6.45, 7) is 8.61. The Morgan fingerprint density at radius 1 is 0.288 bits per heavy atom. The Bertz CT molecular complexity index is 2350. The van der Waals surface area contributed by atoms with E-state index in [-0.39, 0.29) is 29.0 Å². The fourth-order valence-corrected chi connectivity index (χ4v) is 11.9. The summed E-state index contributed by atoms with van der Waals surface area (Å²) in [5, 5.41) is 0. The zero-order valence-corrected chi connectivity index (χ0v) is 33.0. The van der Waals surface area contributed by atoms with Crippen molar-refractivity contribution >= 4 is 70.4 Å². The Kier molecular flexibility index (Phi) is 8.50. The number of rotatable bonds is 4. The molecule has 7 aromatic rings. The van der Waals surface area contributed by atoms with E-state index in [9.17, 15) is 0 Å². The molecule has 2 nitrogen and oxygen atoms in total. The third kappa shape index (κ3) is 6.13. The molecule has 250 valence electrons. The molecule has 9 rings (SSSR count). The summed E-state index contributed by atoms with van der Waals surface area (Å²) in [5.74, 6) is 0. The first-order chi connectivity index (χ1) is 25.4. The van der Waals surface area contributed by atoms with E-state index >= 15 is 0 Å². The van der Waals surface area contributed by atoms with E-state index in [4.69, 9.17) is 9.97 Å². The van der Waals surface area contributed by atoms with E-state index < -0.39 is 0 Å². The second kappa shape index (κ2) is 13.5. The van der Waals surface area contributed by atoms with Gasteiger partial charge in [-0.15, -0.1) is 0 Å². The Morgan fingerprint density at radius 2 is 0.500 bits per heavy atom. The molecule has 0 fully saturated rings. The molecule has 0 radical (unpaired) electrons. The van der Waals surface area contributed by atoms with Gasteiger partial charge in [0.25, 0.3) is 0 Å². The Labute approximate surface area is 317 Å². The van der Waals surface area contributed by atoms with Crippen LogP contribution in [0.15, 0.2) is 121 Å². The first-order valence-corrected chi connectivity index (χ1v) is 21.1. The van der Waals surface area contributed by atoms with Crippen molar-refractivity contribution in [3.63, 3.8) is 0 Å². The number of fused-ring (bicyclic) bond motifs is 8. The predicted molar refractivity (Wildman–Crippen MR) is 225 cm³/mol. The number of aromatic nitrogens is 2. The summed E-state index contributed by atoms with van der Waals surface area (Å²) in [7, 11) is 0. The first kappa shape index (κ1) is 32.8. The summed E-state index contributed by atoms with van der Waals surface area (Å²) in [4.78, 5) is 11.0. The predicted octanol–water partition coefficient (Wildman–Crippen LogP) is 12.0. The summed E-state index contributed by atoms with van der Waals surface area (Å²) in [6, 6.07) is 45.1. The van der Waals surface area contributed by atoms with Crippen molar-refractivity contribution in [2.24, 2.45) is 0 Å². The molecule has 2 aliphatic heterocycles. The normalized spacial score (nSPS) is 12.1. The van der Waals surface area contributed by atoms with Gasteiger partial charge < -0.3 is 0 Å². The zero-order chi connectivity index (χ0) is 35.3. The Morgan fingerprint density at radius 3 is 0.712 bits per heavy atom. The van der Waals surface area contributed by atoms with E-state index in [2.05, 4.69) is 173 Å². The molecule has 4 heteroatoms. The quantitative estimate of drug-likeness (QED) is 0.166. The molecule has 0 atom stereocenters. The molecular formula is C48H36N2Se2. The SMILES string of the molecule is Cc1ccc(-c2c3nc(c(-c4ccc(C)cc4)c4ccc([se]4)c(-c4ccc(C)cc4)c4nc(c(-c5ccc(C)cc5)c5ccc2[se]5)C=C4)C=C3)cc1. The summed E-state index contributed by atoms with van der Waals surface area (Å²) < 4.78 is 5.32. The molecule has 0 N–H and O–H groups in total. The number of nitrogens with zero attached hydrogens (tertiary/aromatic N) is 2. The zero-order valence-electron chi connectivity index (χ0n) is 29.6. The van der Waals surface area contributed by atoms with Gasteiger partial charge in [0.2, 0.25) is 0 Å². The van der Waals surface area contributed by atoms with E-state index in [0.717, 1.165) is 22.8 Å². The summed E-state index contributed by atoms with van der Waals surface area (Å²) in [6.07, 6.45) is 8.95. The van der Waals surface area contributed by atoms with Gasteiger partial charge >= 0.3 is 319 Å². The van der Waals surface area contributed by atoms with Crippen molar-refractivity contribution in [1.82, 2.24) is 9.97 Å². The molecule has 0 saturated heterocycles. The number of aryl methyl sites for hydroxylation is 4. The third-order valence-electron chi connectivity index (χ3n) is 9.86. The van der Waals surface area contributed by atoms with Crippen molar-refractivity contribution in [2.75, 3.05) is 0 Å². The molecule has 52 heavy (non-hydrogen) atoms. The molecule has 8 bridgehead atoms. The number of benzene rings is 4. The van der Waals surface area contributed by atoms with Gasteiger partial charge in [0, 0.05) is 0 Å². The van der Waals surface area contributed by atoms with Gasteiger partial charge in [-0.25, -0.2) is 0 Å². The summed E-state index contributed by atoms with van der Waals surface area (Å²) in [5.41, 5.74) is 18.8. The molecule has 5 heterocycles. The van der Waals surface area contributed by atoms with Crippen LogP contribution in [0.4, 0.5) is 0 Å². The maximum absolute atomic E-state index is 5.51. The van der Waals surface area contributed by atoms with Gasteiger partial charge in [0.05, 0.1) is 0 Å². The van der Waals surface area contributed by atoms with Crippen LogP contribution in [0.3, 0.4) is 0 Å². The van der Waals surface area contributed by atoms with Crippen molar-refractivity contribution < 1.29 is 0 Å². The molecule has 0 saturated carbocycles. The Balaban J connectivity index is 1.47. The van der Waals surface area contributed by atoms with Crippen LogP contribution in [-0.2, 0) is 0 Å². The van der Waals surface area contributed by atoms with Gasteiger partial charge in [0.15, 0.2) is 0 Å². The van der Waals surface area contributed by atoms with Crippen LogP contribution in [-0.4, -0.2) is 39.0 Å². The van der Waals surface area contributed by atoms with Gasteiger partial charge in [-0.3, -0.25) is 0 Å². The maximum atomic E-state index is 5.51. The van der Waals surface area contributed by atoms with E-state index in [1.54, 1.807) is 0 Å². The molecule has 4 aromatic carbocycles. The van der Waals surface area contributed by atoms with Gasteiger partial charge in [-0.2, -0.15) is 0 Å². The van der Waals surface area contributed by atoms with Crippen LogP contribution in [0.2, 0.25) is 0 Å². The molecule has 0 spiro atoms. The van der Waals surface area contributed by atoms with Crippen LogP contribution in [0, 0.1) is 27.7 Å². The van der Waals surface area contributed by atoms with Crippen molar-refractivity contribution in [2.45, 2.75) is 27.7 Å². The topological polar surface area (TPSA) is 25.8 Å². The fraction of sp³-hybridized carbons (Fsp3) is 0.0833. The minimum atomic E-state index is 0.0237. The molecule has 0 amide bonds. The van der Waals surface area contributed by atoms with E-state index in [1.807, 2.05) is 0 Å². The first-order valence-electron chi connectivity index (χ1n) is 17.6. The molecule has 0 aliphatic carbocycles. The van der Waals surface area contributed by atoms with Crippen LogP contribution < -0.4 is 0 Å². The second-order valence-electron chi connectivity index (χ2n) is 13.7. The third-order valence-corrected chi connectivity index (χ3v) is 14.6. The van der Waals surface area contributed by atoms with Gasteiger partial charge in [0.1, 0.15) is 0 Å². The van der Waals surface area contributed by atoms with Gasteiger partial charge in [-0.1, -0.05) is 0 Å². The minimum absolute atomic E-state index is 0.0237. The van der Waals surface area contributed by atoms with Crippen molar-refractivity contribution in [1.29, 1.82) is 0 Å². The van der Waals surface area contributed by atoms with E-state index in [1.165, 1.54) is 83.8 Å².